The molecule has 1 aromatic heterocycles. The average Bonchev–Trinajstić information content (AvgIpc) is 2.86. The fraction of sp³-hybridized carbons (Fsp3) is 0.231. The highest BCUT2D eigenvalue weighted by Gasteiger charge is 2.19. The third-order valence-corrected chi connectivity index (χ3v) is 3.63. The second-order valence-electron chi connectivity index (χ2n) is 3.96. The van der Waals surface area contributed by atoms with Crippen molar-refractivity contribution in [1.29, 1.82) is 0 Å². The first-order valence-corrected chi connectivity index (χ1v) is 7.53. The molecule has 0 radical (unpaired) electrons. The van der Waals surface area contributed by atoms with Gasteiger partial charge in [-0.25, -0.2) is 0 Å². The lowest BCUT2D eigenvalue weighted by atomic mass is 10.3. The normalized spacial score (nSPS) is 11.1. The van der Waals surface area contributed by atoms with E-state index in [0.717, 1.165) is 0 Å². The molecule has 0 aliphatic carbocycles. The maximum Gasteiger partial charge on any atom is 0.340 e. The number of esters is 1. The molecule has 0 unspecified atom stereocenters. The number of aromatic nitrogens is 1. The second-order valence-corrected chi connectivity index (χ2v) is 5.51. The summed E-state index contributed by atoms with van der Waals surface area (Å²) in [5.41, 5.74) is 0. The van der Waals surface area contributed by atoms with E-state index < -0.39 is 16.1 Å². The highest BCUT2D eigenvalue weighted by atomic mass is 32.2. The largest absolute Gasteiger partial charge is 0.466 e. The van der Waals surface area contributed by atoms with E-state index >= 15 is 0 Å². The summed E-state index contributed by atoms with van der Waals surface area (Å²) in [7, 11) is -3.98. The molecule has 0 fully saturated rings. The molecule has 1 aromatic carbocycles. The van der Waals surface area contributed by atoms with Crippen molar-refractivity contribution in [1.82, 2.24) is 5.16 Å². The molecule has 2 aromatic rings. The van der Waals surface area contributed by atoms with Crippen LogP contribution in [0.2, 0.25) is 0 Å². The van der Waals surface area contributed by atoms with Gasteiger partial charge in [0.1, 0.15) is 11.3 Å². The van der Waals surface area contributed by atoms with Gasteiger partial charge in [-0.3, -0.25) is 4.79 Å². The summed E-state index contributed by atoms with van der Waals surface area (Å²) in [5.74, 6) is -0.573. The smallest absolute Gasteiger partial charge is 0.340 e. The zero-order valence-electron chi connectivity index (χ0n) is 11.2. The van der Waals surface area contributed by atoms with Crippen LogP contribution in [0.5, 0.6) is 5.88 Å². The first-order chi connectivity index (χ1) is 10.0. The molecule has 0 saturated heterocycles. The van der Waals surface area contributed by atoms with Crippen LogP contribution in [0, 0.1) is 0 Å². The minimum Gasteiger partial charge on any atom is -0.466 e. The quantitative estimate of drug-likeness (QED) is 0.590. The van der Waals surface area contributed by atoms with Crippen LogP contribution in [0.1, 0.15) is 12.7 Å². The number of benzene rings is 1. The number of rotatable bonds is 6. The highest BCUT2D eigenvalue weighted by Crippen LogP contribution is 2.18. The predicted molar refractivity (Wildman–Crippen MR) is 71.1 cm³/mol. The van der Waals surface area contributed by atoms with Gasteiger partial charge in [0.05, 0.1) is 6.61 Å². The summed E-state index contributed by atoms with van der Waals surface area (Å²) in [5, 5.41) is 3.46. The Morgan fingerprint density at radius 3 is 2.67 bits per heavy atom. The monoisotopic (exact) mass is 311 g/mol. The molecule has 0 aliphatic heterocycles. The van der Waals surface area contributed by atoms with Gasteiger partial charge in [-0.15, -0.1) is 0 Å². The number of carbonyl (C=O) groups excluding carboxylic acids is 1. The molecule has 0 aliphatic rings. The van der Waals surface area contributed by atoms with E-state index in [1.807, 2.05) is 0 Å². The molecular formula is C13H13NO6S. The minimum absolute atomic E-state index is 0.0000530. The number of carbonyl (C=O) groups is 1. The van der Waals surface area contributed by atoms with Crippen molar-refractivity contribution in [2.75, 3.05) is 6.61 Å². The van der Waals surface area contributed by atoms with Gasteiger partial charge < -0.3 is 13.4 Å². The van der Waals surface area contributed by atoms with Gasteiger partial charge in [-0.2, -0.15) is 8.42 Å². The van der Waals surface area contributed by atoms with Gasteiger partial charge in [0.15, 0.2) is 5.76 Å². The van der Waals surface area contributed by atoms with Crippen LogP contribution in [-0.4, -0.2) is 26.2 Å². The van der Waals surface area contributed by atoms with Crippen molar-refractivity contribution in [3.8, 4) is 5.88 Å². The van der Waals surface area contributed by atoms with Crippen LogP contribution < -0.4 is 4.18 Å². The Morgan fingerprint density at radius 2 is 2.00 bits per heavy atom. The van der Waals surface area contributed by atoms with Crippen LogP contribution in [0.3, 0.4) is 0 Å². The van der Waals surface area contributed by atoms with Crippen molar-refractivity contribution < 1.29 is 26.7 Å². The fourth-order valence-corrected chi connectivity index (χ4v) is 2.41. The summed E-state index contributed by atoms with van der Waals surface area (Å²) in [6, 6.07) is 8.87. The summed E-state index contributed by atoms with van der Waals surface area (Å²) in [4.78, 5) is 11.3. The Kier molecular flexibility index (Phi) is 4.59. The maximum atomic E-state index is 11.9. The number of hydrogen-bond donors (Lipinski definition) is 0. The van der Waals surface area contributed by atoms with Crippen LogP contribution in [0.15, 0.2) is 45.8 Å². The molecule has 112 valence electrons. The van der Waals surface area contributed by atoms with Gasteiger partial charge in [-0.05, 0) is 24.2 Å². The van der Waals surface area contributed by atoms with Gasteiger partial charge >= 0.3 is 16.1 Å². The molecule has 0 saturated carbocycles. The van der Waals surface area contributed by atoms with Crippen molar-refractivity contribution in [2.45, 2.75) is 18.2 Å². The molecule has 7 nitrogen and oxygen atoms in total. The van der Waals surface area contributed by atoms with E-state index in [9.17, 15) is 13.2 Å². The topological polar surface area (TPSA) is 95.7 Å². The molecule has 0 atom stereocenters. The first kappa shape index (κ1) is 15.0. The SMILES string of the molecule is CCOC(=O)Cc1cc(OS(=O)(=O)c2ccccc2)no1. The Balaban J connectivity index is 2.07. The number of ether oxygens (including phenoxy) is 1. The van der Waals surface area contributed by atoms with E-state index in [-0.39, 0.29) is 29.6 Å². The summed E-state index contributed by atoms with van der Waals surface area (Å²) < 4.78 is 38.3. The van der Waals surface area contributed by atoms with E-state index in [0.29, 0.717) is 0 Å². The standard InChI is InChI=1S/C13H13NO6S/c1-2-18-13(15)9-10-8-12(14-19-10)20-21(16,17)11-6-4-3-5-7-11/h3-8H,2,9H2,1H3. The lowest BCUT2D eigenvalue weighted by Gasteiger charge is -2.02. The lowest BCUT2D eigenvalue weighted by molar-refractivity contribution is -0.142. The highest BCUT2D eigenvalue weighted by molar-refractivity contribution is 7.87. The zero-order valence-corrected chi connectivity index (χ0v) is 12.0. The van der Waals surface area contributed by atoms with E-state index in [1.165, 1.54) is 18.2 Å². The van der Waals surface area contributed by atoms with E-state index in [1.54, 1.807) is 25.1 Å². The maximum absolute atomic E-state index is 11.9. The van der Waals surface area contributed by atoms with Crippen molar-refractivity contribution in [3.05, 3.63) is 42.2 Å². The lowest BCUT2D eigenvalue weighted by Crippen LogP contribution is -2.09. The van der Waals surface area contributed by atoms with Crippen molar-refractivity contribution in [3.63, 3.8) is 0 Å². The minimum atomic E-state index is -3.98. The van der Waals surface area contributed by atoms with Gasteiger partial charge in [0, 0.05) is 6.07 Å². The molecule has 0 spiro atoms. The molecule has 8 heteroatoms. The molecule has 21 heavy (non-hydrogen) atoms. The zero-order chi connectivity index (χ0) is 15.3. The summed E-state index contributed by atoms with van der Waals surface area (Å²) >= 11 is 0. The van der Waals surface area contributed by atoms with Crippen LogP contribution >= 0.6 is 0 Å². The Labute approximate surface area is 121 Å². The van der Waals surface area contributed by atoms with E-state index in [2.05, 4.69) is 5.16 Å². The fourth-order valence-electron chi connectivity index (χ4n) is 1.52. The molecule has 1 heterocycles. The van der Waals surface area contributed by atoms with Crippen LogP contribution in [0.4, 0.5) is 0 Å². The number of nitrogens with zero attached hydrogens (tertiary/aromatic N) is 1. The Bertz CT molecular complexity index is 707. The van der Waals surface area contributed by atoms with Crippen molar-refractivity contribution in [2.24, 2.45) is 0 Å². The summed E-state index contributed by atoms with van der Waals surface area (Å²) in [6.07, 6.45) is -0.143. The van der Waals surface area contributed by atoms with Crippen LogP contribution in [0.25, 0.3) is 0 Å². The number of hydrogen-bond acceptors (Lipinski definition) is 7. The molecular weight excluding hydrogens is 298 g/mol. The van der Waals surface area contributed by atoms with Gasteiger partial charge in [-0.1, -0.05) is 18.2 Å². The van der Waals surface area contributed by atoms with Gasteiger partial charge in [0.25, 0.3) is 5.88 Å². The third kappa shape index (κ3) is 4.06. The average molecular weight is 311 g/mol. The molecule has 2 rings (SSSR count). The van der Waals surface area contributed by atoms with Gasteiger partial charge in [0.2, 0.25) is 0 Å². The van der Waals surface area contributed by atoms with Crippen LogP contribution in [-0.2, 0) is 26.1 Å². The molecule has 0 bridgehead atoms. The Morgan fingerprint density at radius 1 is 1.29 bits per heavy atom. The third-order valence-electron chi connectivity index (χ3n) is 2.39. The Hall–Kier alpha value is -2.35. The first-order valence-electron chi connectivity index (χ1n) is 6.12. The molecule has 0 amide bonds. The van der Waals surface area contributed by atoms with Crippen molar-refractivity contribution >= 4 is 16.1 Å². The van der Waals surface area contributed by atoms with E-state index in [4.69, 9.17) is 13.4 Å². The molecule has 0 N–H and O–H groups in total. The second kappa shape index (κ2) is 6.40. The summed E-state index contributed by atoms with van der Waals surface area (Å²) in [6.45, 7) is 1.93. The predicted octanol–water partition coefficient (Wildman–Crippen LogP) is 1.55.